The van der Waals surface area contributed by atoms with Gasteiger partial charge in [-0.15, -0.1) is 0 Å². The molecule has 1 nitrogen and oxygen atoms in total. The summed E-state index contributed by atoms with van der Waals surface area (Å²) in [5.41, 5.74) is 0.0378. The second-order valence-electron chi connectivity index (χ2n) is 4.05. The number of aliphatic hydroxyl groups excluding tert-OH is 1. The number of halogens is 4. The lowest BCUT2D eigenvalue weighted by Crippen LogP contribution is -2.08. The minimum Gasteiger partial charge on any atom is -0.392 e. The fraction of sp³-hybridized carbons (Fsp3) is 0.143. The van der Waals surface area contributed by atoms with Crippen LogP contribution in [0.5, 0.6) is 0 Å². The van der Waals surface area contributed by atoms with Crippen LogP contribution in [0.3, 0.4) is 0 Å². The Morgan fingerprint density at radius 2 is 1.63 bits per heavy atom. The summed E-state index contributed by atoms with van der Waals surface area (Å²) in [7, 11) is 0. The Balaban J connectivity index is 2.51. The van der Waals surface area contributed by atoms with Gasteiger partial charge in [-0.05, 0) is 34.9 Å². The van der Waals surface area contributed by atoms with Crippen molar-refractivity contribution in [2.45, 2.75) is 12.8 Å². The van der Waals surface area contributed by atoms with Gasteiger partial charge in [-0.1, -0.05) is 24.3 Å². The molecule has 2 aromatic rings. The Morgan fingerprint density at radius 3 is 2.26 bits per heavy atom. The van der Waals surface area contributed by atoms with Crippen molar-refractivity contribution < 1.29 is 22.7 Å². The van der Waals surface area contributed by atoms with Gasteiger partial charge in [0, 0.05) is 0 Å². The van der Waals surface area contributed by atoms with Crippen LogP contribution in [-0.4, -0.2) is 5.11 Å². The first-order chi connectivity index (χ1) is 8.91. The fourth-order valence-electron chi connectivity index (χ4n) is 1.77. The van der Waals surface area contributed by atoms with E-state index in [9.17, 15) is 17.6 Å². The van der Waals surface area contributed by atoms with Crippen LogP contribution in [0.2, 0.25) is 0 Å². The highest BCUT2D eigenvalue weighted by atomic mass is 19.4. The molecule has 0 saturated heterocycles. The van der Waals surface area contributed by atoms with Gasteiger partial charge in [0.2, 0.25) is 0 Å². The number of hydrogen-bond acceptors (Lipinski definition) is 1. The van der Waals surface area contributed by atoms with Gasteiger partial charge in [0.15, 0.2) is 0 Å². The molecule has 0 atom stereocenters. The van der Waals surface area contributed by atoms with Crippen molar-refractivity contribution in [2.24, 2.45) is 0 Å². The predicted octanol–water partition coefficient (Wildman–Crippen LogP) is 4.00. The third kappa shape index (κ3) is 2.93. The Kier molecular flexibility index (Phi) is 3.57. The van der Waals surface area contributed by atoms with Crippen LogP contribution in [0.4, 0.5) is 17.6 Å². The molecule has 0 aliphatic carbocycles. The zero-order valence-electron chi connectivity index (χ0n) is 9.71. The third-order valence-corrected chi connectivity index (χ3v) is 2.71. The van der Waals surface area contributed by atoms with E-state index in [2.05, 4.69) is 0 Å². The monoisotopic (exact) mass is 270 g/mol. The largest absolute Gasteiger partial charge is 0.419 e. The molecule has 0 aliphatic rings. The molecule has 100 valence electrons. The Labute approximate surface area is 107 Å². The van der Waals surface area contributed by atoms with E-state index in [-0.39, 0.29) is 12.2 Å². The van der Waals surface area contributed by atoms with E-state index in [0.29, 0.717) is 11.1 Å². The van der Waals surface area contributed by atoms with Gasteiger partial charge in [-0.25, -0.2) is 4.39 Å². The molecule has 19 heavy (non-hydrogen) atoms. The highest BCUT2D eigenvalue weighted by Crippen LogP contribution is 2.34. The highest BCUT2D eigenvalue weighted by molar-refractivity contribution is 5.65. The van der Waals surface area contributed by atoms with Crippen molar-refractivity contribution in [3.8, 4) is 11.1 Å². The quantitative estimate of drug-likeness (QED) is 0.818. The molecule has 0 aromatic heterocycles. The lowest BCUT2D eigenvalue weighted by molar-refractivity contribution is -0.139. The zero-order chi connectivity index (χ0) is 14.0. The number of hydrogen-bond donors (Lipinski definition) is 1. The van der Waals surface area contributed by atoms with E-state index in [0.717, 1.165) is 12.1 Å². The Bertz CT molecular complexity index is 590. The predicted molar refractivity (Wildman–Crippen MR) is 62.8 cm³/mol. The minimum absolute atomic E-state index is 0.207. The molecule has 2 aromatic carbocycles. The van der Waals surface area contributed by atoms with Crippen LogP contribution in [0.15, 0.2) is 42.5 Å². The van der Waals surface area contributed by atoms with Gasteiger partial charge < -0.3 is 5.11 Å². The molecule has 0 bridgehead atoms. The second kappa shape index (κ2) is 5.01. The van der Waals surface area contributed by atoms with E-state index in [1.54, 1.807) is 24.3 Å². The maximum atomic E-state index is 13.2. The minimum atomic E-state index is -4.73. The number of aliphatic hydroxyl groups is 1. The summed E-state index contributed by atoms with van der Waals surface area (Å²) in [4.78, 5) is 0. The first kappa shape index (κ1) is 13.5. The SMILES string of the molecule is OCc1cccc(-c2ccc(F)c(C(F)(F)F)c2)c1. The van der Waals surface area contributed by atoms with Crippen LogP contribution >= 0.6 is 0 Å². The first-order valence-electron chi connectivity index (χ1n) is 5.49. The van der Waals surface area contributed by atoms with Crippen molar-refractivity contribution >= 4 is 0 Å². The molecule has 0 spiro atoms. The van der Waals surface area contributed by atoms with E-state index >= 15 is 0 Å². The molecule has 0 saturated carbocycles. The van der Waals surface area contributed by atoms with Gasteiger partial charge in [0.1, 0.15) is 5.82 Å². The summed E-state index contributed by atoms with van der Waals surface area (Å²) in [5, 5.41) is 9.00. The summed E-state index contributed by atoms with van der Waals surface area (Å²) in [6.45, 7) is -0.207. The van der Waals surface area contributed by atoms with Crippen LogP contribution in [0.25, 0.3) is 11.1 Å². The second-order valence-corrected chi connectivity index (χ2v) is 4.05. The molecule has 0 amide bonds. The molecular weight excluding hydrogens is 260 g/mol. The van der Waals surface area contributed by atoms with Crippen LogP contribution in [0, 0.1) is 5.82 Å². The molecule has 1 N–H and O–H groups in total. The summed E-state index contributed by atoms with van der Waals surface area (Å²) in [5.74, 6) is -1.30. The average molecular weight is 270 g/mol. The Morgan fingerprint density at radius 1 is 0.947 bits per heavy atom. The summed E-state index contributed by atoms with van der Waals surface area (Å²) < 4.78 is 51.0. The lowest BCUT2D eigenvalue weighted by Gasteiger charge is -2.10. The van der Waals surface area contributed by atoms with Crippen molar-refractivity contribution in [3.63, 3.8) is 0 Å². The maximum absolute atomic E-state index is 13.2. The van der Waals surface area contributed by atoms with Crippen molar-refractivity contribution in [2.75, 3.05) is 0 Å². The first-order valence-corrected chi connectivity index (χ1v) is 5.49. The highest BCUT2D eigenvalue weighted by Gasteiger charge is 2.34. The fourth-order valence-corrected chi connectivity index (χ4v) is 1.77. The molecular formula is C14H10F4O. The molecule has 0 aliphatic heterocycles. The molecule has 0 fully saturated rings. The van der Waals surface area contributed by atoms with Gasteiger partial charge in [0.05, 0.1) is 12.2 Å². The molecule has 0 unspecified atom stereocenters. The lowest BCUT2D eigenvalue weighted by atomic mass is 10.0. The van der Waals surface area contributed by atoms with E-state index in [1.807, 2.05) is 0 Å². The third-order valence-electron chi connectivity index (χ3n) is 2.71. The molecule has 5 heteroatoms. The van der Waals surface area contributed by atoms with Crippen LogP contribution in [0.1, 0.15) is 11.1 Å². The summed E-state index contributed by atoms with van der Waals surface area (Å²) in [6.07, 6.45) is -4.73. The number of rotatable bonds is 2. The van der Waals surface area contributed by atoms with Crippen LogP contribution < -0.4 is 0 Å². The van der Waals surface area contributed by atoms with E-state index in [1.165, 1.54) is 6.07 Å². The number of benzene rings is 2. The van der Waals surface area contributed by atoms with E-state index < -0.39 is 17.6 Å². The van der Waals surface area contributed by atoms with Crippen molar-refractivity contribution in [3.05, 3.63) is 59.4 Å². The molecule has 0 radical (unpaired) electrons. The van der Waals surface area contributed by atoms with Gasteiger partial charge >= 0.3 is 6.18 Å². The smallest absolute Gasteiger partial charge is 0.392 e. The molecule has 0 heterocycles. The summed E-state index contributed by atoms with van der Waals surface area (Å²) >= 11 is 0. The summed E-state index contributed by atoms with van der Waals surface area (Å²) in [6, 6.07) is 9.28. The van der Waals surface area contributed by atoms with Gasteiger partial charge in [-0.3, -0.25) is 0 Å². The standard InChI is InChI=1S/C14H10F4O/c15-13-5-4-11(7-12(13)14(16,17)18)10-3-1-2-9(6-10)8-19/h1-7,19H,8H2. The van der Waals surface area contributed by atoms with Crippen molar-refractivity contribution in [1.29, 1.82) is 0 Å². The normalized spacial score (nSPS) is 11.6. The average Bonchev–Trinajstić information content (AvgIpc) is 2.38. The maximum Gasteiger partial charge on any atom is 0.419 e. The topological polar surface area (TPSA) is 20.2 Å². The van der Waals surface area contributed by atoms with Gasteiger partial charge in [0.25, 0.3) is 0 Å². The van der Waals surface area contributed by atoms with Crippen LogP contribution in [-0.2, 0) is 12.8 Å². The van der Waals surface area contributed by atoms with E-state index in [4.69, 9.17) is 5.11 Å². The number of alkyl halides is 3. The molecule has 2 rings (SSSR count). The van der Waals surface area contributed by atoms with Crippen molar-refractivity contribution in [1.82, 2.24) is 0 Å². The Hall–Kier alpha value is -1.88. The van der Waals surface area contributed by atoms with Gasteiger partial charge in [-0.2, -0.15) is 13.2 Å². The zero-order valence-corrected chi connectivity index (χ0v) is 9.71.